The lowest BCUT2D eigenvalue weighted by atomic mass is 10.00. The lowest BCUT2D eigenvalue weighted by molar-refractivity contribution is 0.262. The third-order valence-electron chi connectivity index (χ3n) is 4.24. The molecule has 2 N–H and O–H groups in total. The third kappa shape index (κ3) is 4.22. The summed E-state index contributed by atoms with van der Waals surface area (Å²) >= 11 is 0. The van der Waals surface area contributed by atoms with Crippen molar-refractivity contribution in [2.24, 2.45) is 5.92 Å². The van der Waals surface area contributed by atoms with Crippen LogP contribution in [0.2, 0.25) is 0 Å². The Hall–Kier alpha value is -2.63. The fourth-order valence-corrected chi connectivity index (χ4v) is 2.77. The molecule has 1 aromatic carbocycles. The van der Waals surface area contributed by atoms with Gasteiger partial charge in [0.2, 0.25) is 5.95 Å². The zero-order valence-electron chi connectivity index (χ0n) is 14.1. The van der Waals surface area contributed by atoms with Crippen LogP contribution in [-0.4, -0.2) is 29.1 Å². The number of aryl methyl sites for hydroxylation is 1. The maximum absolute atomic E-state index is 12.0. The van der Waals surface area contributed by atoms with Crippen LogP contribution in [0.15, 0.2) is 36.7 Å². The normalized spacial score (nSPS) is 15.2. The molecule has 0 aliphatic carbocycles. The van der Waals surface area contributed by atoms with Crippen molar-refractivity contribution in [3.63, 3.8) is 0 Å². The molecule has 1 saturated heterocycles. The number of carbonyl (C=O) groups is 1. The van der Waals surface area contributed by atoms with Crippen molar-refractivity contribution >= 4 is 23.4 Å². The number of carbonyl (C=O) groups excluding carboxylic acids is 1. The third-order valence-corrected chi connectivity index (χ3v) is 4.24. The molecule has 1 aliphatic rings. The molecular formula is C18H23N5O. The number of benzene rings is 1. The highest BCUT2D eigenvalue weighted by Gasteiger charge is 2.17. The van der Waals surface area contributed by atoms with Crippen molar-refractivity contribution in [3.8, 4) is 0 Å². The quantitative estimate of drug-likeness (QED) is 0.903. The summed E-state index contributed by atoms with van der Waals surface area (Å²) in [5, 5.41) is 5.55. The van der Waals surface area contributed by atoms with E-state index in [9.17, 15) is 4.79 Å². The molecule has 0 saturated carbocycles. The predicted molar refractivity (Wildman–Crippen MR) is 96.5 cm³/mol. The first-order chi connectivity index (χ1) is 11.6. The molecule has 0 radical (unpaired) electrons. The van der Waals surface area contributed by atoms with Gasteiger partial charge in [0.05, 0.1) is 18.1 Å². The van der Waals surface area contributed by atoms with Gasteiger partial charge in [-0.25, -0.2) is 14.8 Å². The van der Waals surface area contributed by atoms with Gasteiger partial charge in [-0.1, -0.05) is 19.1 Å². The summed E-state index contributed by atoms with van der Waals surface area (Å²) in [6, 6.07) is 7.35. The molecule has 0 atom stereocenters. The number of nitrogens with one attached hydrogen (secondary N) is 2. The fraction of sp³-hybridized carbons (Fsp3) is 0.389. The minimum atomic E-state index is -0.302. The Kier molecular flexibility index (Phi) is 4.93. The Morgan fingerprint density at radius 1 is 1.12 bits per heavy atom. The first-order valence-corrected chi connectivity index (χ1v) is 8.32. The van der Waals surface area contributed by atoms with E-state index in [0.29, 0.717) is 5.69 Å². The number of urea groups is 1. The largest absolute Gasteiger partial charge is 0.341 e. The molecule has 0 spiro atoms. The Balaban J connectivity index is 1.56. The molecule has 6 nitrogen and oxygen atoms in total. The summed E-state index contributed by atoms with van der Waals surface area (Å²) < 4.78 is 0. The number of rotatable bonds is 3. The van der Waals surface area contributed by atoms with Gasteiger partial charge in [-0.05, 0) is 43.4 Å². The number of anilines is 3. The molecule has 2 heterocycles. The standard InChI is InChI=1S/C18H23N5O/c1-13-6-8-23(9-7-13)17-19-11-16(12-20-17)22-18(24)21-15-5-3-4-14(2)10-15/h3-5,10-13H,6-9H2,1-2H3,(H2,21,22,24). The first-order valence-electron chi connectivity index (χ1n) is 8.32. The number of aromatic nitrogens is 2. The van der Waals surface area contributed by atoms with Gasteiger partial charge in [-0.3, -0.25) is 0 Å². The number of piperidine rings is 1. The summed E-state index contributed by atoms with van der Waals surface area (Å²) in [5.74, 6) is 1.50. The van der Waals surface area contributed by atoms with Crippen LogP contribution >= 0.6 is 0 Å². The van der Waals surface area contributed by atoms with E-state index < -0.39 is 0 Å². The predicted octanol–water partition coefficient (Wildman–Crippen LogP) is 3.67. The van der Waals surface area contributed by atoms with Crippen molar-refractivity contribution in [2.45, 2.75) is 26.7 Å². The van der Waals surface area contributed by atoms with Gasteiger partial charge in [-0.15, -0.1) is 0 Å². The lowest BCUT2D eigenvalue weighted by Gasteiger charge is -2.30. The topological polar surface area (TPSA) is 70.2 Å². The number of hydrogen-bond donors (Lipinski definition) is 2. The van der Waals surface area contributed by atoms with Crippen LogP contribution in [0.5, 0.6) is 0 Å². The highest BCUT2D eigenvalue weighted by Crippen LogP contribution is 2.20. The number of nitrogens with zero attached hydrogens (tertiary/aromatic N) is 3. The summed E-state index contributed by atoms with van der Waals surface area (Å²) in [7, 11) is 0. The minimum Gasteiger partial charge on any atom is -0.341 e. The molecular weight excluding hydrogens is 302 g/mol. The SMILES string of the molecule is Cc1cccc(NC(=O)Nc2cnc(N3CCC(C)CC3)nc2)c1. The zero-order valence-corrected chi connectivity index (χ0v) is 14.1. The average molecular weight is 325 g/mol. The van der Waals surface area contributed by atoms with E-state index in [2.05, 4.69) is 32.4 Å². The Morgan fingerprint density at radius 2 is 1.79 bits per heavy atom. The Morgan fingerprint density at radius 3 is 2.46 bits per heavy atom. The van der Waals surface area contributed by atoms with Crippen LogP contribution in [0, 0.1) is 12.8 Å². The van der Waals surface area contributed by atoms with E-state index in [1.165, 1.54) is 12.8 Å². The first kappa shape index (κ1) is 16.2. The van der Waals surface area contributed by atoms with Gasteiger partial charge in [0.1, 0.15) is 0 Å². The molecule has 2 amide bonds. The molecule has 0 unspecified atom stereocenters. The second-order valence-electron chi connectivity index (χ2n) is 6.39. The molecule has 24 heavy (non-hydrogen) atoms. The molecule has 6 heteroatoms. The van der Waals surface area contributed by atoms with E-state index in [4.69, 9.17) is 0 Å². The monoisotopic (exact) mass is 325 g/mol. The highest BCUT2D eigenvalue weighted by molar-refractivity contribution is 5.99. The molecule has 1 aromatic heterocycles. The van der Waals surface area contributed by atoms with Gasteiger partial charge < -0.3 is 15.5 Å². The summed E-state index contributed by atoms with van der Waals surface area (Å²) in [5.41, 5.74) is 2.43. The van der Waals surface area contributed by atoms with Crippen molar-refractivity contribution in [2.75, 3.05) is 28.6 Å². The van der Waals surface area contributed by atoms with Crippen LogP contribution < -0.4 is 15.5 Å². The van der Waals surface area contributed by atoms with Crippen molar-refractivity contribution in [3.05, 3.63) is 42.2 Å². The van der Waals surface area contributed by atoms with Crippen LogP contribution in [0.25, 0.3) is 0 Å². The van der Waals surface area contributed by atoms with Crippen LogP contribution in [0.1, 0.15) is 25.3 Å². The Bertz CT molecular complexity index is 693. The van der Waals surface area contributed by atoms with Gasteiger partial charge in [0, 0.05) is 18.8 Å². The molecule has 2 aromatic rings. The second-order valence-corrected chi connectivity index (χ2v) is 6.39. The lowest BCUT2D eigenvalue weighted by Crippen LogP contribution is -2.34. The van der Waals surface area contributed by atoms with Gasteiger partial charge in [0.15, 0.2) is 0 Å². The fourth-order valence-electron chi connectivity index (χ4n) is 2.77. The van der Waals surface area contributed by atoms with Gasteiger partial charge in [-0.2, -0.15) is 0 Å². The second kappa shape index (κ2) is 7.29. The molecule has 0 bridgehead atoms. The van der Waals surface area contributed by atoms with Crippen LogP contribution in [-0.2, 0) is 0 Å². The van der Waals surface area contributed by atoms with E-state index in [1.54, 1.807) is 12.4 Å². The molecule has 1 aliphatic heterocycles. The Labute approximate surface area is 142 Å². The molecule has 1 fully saturated rings. The van der Waals surface area contributed by atoms with Gasteiger partial charge >= 0.3 is 6.03 Å². The average Bonchev–Trinajstić information content (AvgIpc) is 2.56. The van der Waals surface area contributed by atoms with E-state index >= 15 is 0 Å². The smallest absolute Gasteiger partial charge is 0.323 e. The van der Waals surface area contributed by atoms with Gasteiger partial charge in [0.25, 0.3) is 0 Å². The summed E-state index contributed by atoms with van der Waals surface area (Å²) in [6.07, 6.45) is 5.64. The summed E-state index contributed by atoms with van der Waals surface area (Å²) in [4.78, 5) is 23.0. The minimum absolute atomic E-state index is 0.302. The number of hydrogen-bond acceptors (Lipinski definition) is 4. The molecule has 126 valence electrons. The maximum atomic E-state index is 12.0. The zero-order chi connectivity index (χ0) is 16.9. The van der Waals surface area contributed by atoms with Crippen molar-refractivity contribution < 1.29 is 4.79 Å². The van der Waals surface area contributed by atoms with Crippen molar-refractivity contribution in [1.29, 1.82) is 0 Å². The van der Waals surface area contributed by atoms with Crippen LogP contribution in [0.3, 0.4) is 0 Å². The van der Waals surface area contributed by atoms with E-state index in [1.807, 2.05) is 31.2 Å². The molecule has 3 rings (SSSR count). The van der Waals surface area contributed by atoms with Crippen molar-refractivity contribution in [1.82, 2.24) is 9.97 Å². The van der Waals surface area contributed by atoms with E-state index in [0.717, 1.165) is 36.2 Å². The van der Waals surface area contributed by atoms with Crippen LogP contribution in [0.4, 0.5) is 22.1 Å². The number of amides is 2. The maximum Gasteiger partial charge on any atom is 0.323 e. The summed E-state index contributed by atoms with van der Waals surface area (Å²) in [6.45, 7) is 6.23. The highest BCUT2D eigenvalue weighted by atomic mass is 16.2. The van der Waals surface area contributed by atoms with E-state index in [-0.39, 0.29) is 6.03 Å².